The maximum absolute atomic E-state index is 11.9. The van der Waals surface area contributed by atoms with Crippen LogP contribution in [0, 0.1) is 0 Å². The normalized spacial score (nSPS) is 11.5. The minimum absolute atomic E-state index is 0.0328. The van der Waals surface area contributed by atoms with Gasteiger partial charge in [0.15, 0.2) is 0 Å². The first-order valence-corrected chi connectivity index (χ1v) is 9.18. The van der Waals surface area contributed by atoms with E-state index in [9.17, 15) is 4.79 Å². The zero-order valence-electron chi connectivity index (χ0n) is 14.8. The molecule has 128 valence electrons. The summed E-state index contributed by atoms with van der Waals surface area (Å²) < 4.78 is 0. The Bertz CT molecular complexity index is 454. The Kier molecular flexibility index (Phi) is 10.9. The van der Waals surface area contributed by atoms with Crippen LogP contribution in [0.5, 0.6) is 0 Å². The molecule has 1 aromatic carbocycles. The predicted molar refractivity (Wildman–Crippen MR) is 98.6 cm³/mol. The Hall–Kier alpha value is -1.64. The first-order chi connectivity index (χ1) is 11.3. The first-order valence-electron chi connectivity index (χ1n) is 9.18. The third kappa shape index (κ3) is 9.17. The van der Waals surface area contributed by atoms with Crippen molar-refractivity contribution >= 4 is 11.6 Å². The Morgan fingerprint density at radius 2 is 1.52 bits per heavy atom. The van der Waals surface area contributed by atoms with Crippen molar-refractivity contribution in [3.8, 4) is 0 Å². The van der Waals surface area contributed by atoms with Gasteiger partial charge < -0.3 is 0 Å². The summed E-state index contributed by atoms with van der Waals surface area (Å²) in [5, 5.41) is 4.38. The van der Waals surface area contributed by atoms with Gasteiger partial charge in [0.1, 0.15) is 0 Å². The molecule has 3 heteroatoms. The summed E-state index contributed by atoms with van der Waals surface area (Å²) in [6.07, 6.45) is 10.9. The number of nitrogens with one attached hydrogen (secondary N) is 1. The molecule has 0 aromatic heterocycles. The van der Waals surface area contributed by atoms with Crippen LogP contribution in [0.3, 0.4) is 0 Å². The topological polar surface area (TPSA) is 41.5 Å². The van der Waals surface area contributed by atoms with Crippen molar-refractivity contribution in [3.63, 3.8) is 0 Å². The zero-order chi connectivity index (χ0) is 16.8. The lowest BCUT2D eigenvalue weighted by Gasteiger charge is -2.07. The van der Waals surface area contributed by atoms with Gasteiger partial charge in [-0.1, -0.05) is 82.7 Å². The molecule has 0 radical (unpaired) electrons. The van der Waals surface area contributed by atoms with Crippen molar-refractivity contribution in [2.75, 3.05) is 0 Å². The van der Waals surface area contributed by atoms with Gasteiger partial charge in [0.2, 0.25) is 5.91 Å². The van der Waals surface area contributed by atoms with Gasteiger partial charge in [0.25, 0.3) is 0 Å². The SMILES string of the molecule is CCCCCCCCC(=O)NN=C(CCCC)c1ccccc1. The van der Waals surface area contributed by atoms with E-state index in [0.717, 1.165) is 43.4 Å². The lowest BCUT2D eigenvalue weighted by Crippen LogP contribution is -2.19. The van der Waals surface area contributed by atoms with E-state index in [1.165, 1.54) is 25.7 Å². The number of benzene rings is 1. The van der Waals surface area contributed by atoms with Crippen LogP contribution in [0.15, 0.2) is 35.4 Å². The van der Waals surface area contributed by atoms with Crippen LogP contribution in [-0.2, 0) is 4.79 Å². The smallest absolute Gasteiger partial charge is 0.240 e. The van der Waals surface area contributed by atoms with E-state index in [0.29, 0.717) is 6.42 Å². The maximum Gasteiger partial charge on any atom is 0.240 e. The van der Waals surface area contributed by atoms with Crippen LogP contribution in [0.25, 0.3) is 0 Å². The van der Waals surface area contributed by atoms with Gasteiger partial charge in [-0.05, 0) is 24.8 Å². The summed E-state index contributed by atoms with van der Waals surface area (Å²) in [4.78, 5) is 11.9. The van der Waals surface area contributed by atoms with Crippen molar-refractivity contribution in [1.82, 2.24) is 5.43 Å². The highest BCUT2D eigenvalue weighted by molar-refractivity contribution is 6.01. The molecule has 1 aromatic rings. The van der Waals surface area contributed by atoms with Gasteiger partial charge in [0.05, 0.1) is 5.71 Å². The minimum Gasteiger partial charge on any atom is -0.273 e. The second-order valence-electron chi connectivity index (χ2n) is 6.08. The van der Waals surface area contributed by atoms with E-state index < -0.39 is 0 Å². The van der Waals surface area contributed by atoms with Crippen LogP contribution in [0.2, 0.25) is 0 Å². The largest absolute Gasteiger partial charge is 0.273 e. The highest BCUT2D eigenvalue weighted by Crippen LogP contribution is 2.09. The monoisotopic (exact) mass is 316 g/mol. The molecular formula is C20H32N2O. The molecule has 0 saturated carbocycles. The maximum atomic E-state index is 11.9. The zero-order valence-corrected chi connectivity index (χ0v) is 14.8. The van der Waals surface area contributed by atoms with Gasteiger partial charge in [-0.25, -0.2) is 5.43 Å². The summed E-state index contributed by atoms with van der Waals surface area (Å²) in [6, 6.07) is 10.1. The number of hydrogen-bond acceptors (Lipinski definition) is 2. The lowest BCUT2D eigenvalue weighted by molar-refractivity contribution is -0.121. The van der Waals surface area contributed by atoms with Crippen LogP contribution in [0.1, 0.15) is 83.6 Å². The number of amides is 1. The van der Waals surface area contributed by atoms with E-state index in [2.05, 4.69) is 24.4 Å². The molecule has 0 fully saturated rings. The first kappa shape index (κ1) is 19.4. The Morgan fingerprint density at radius 3 is 2.22 bits per heavy atom. The lowest BCUT2D eigenvalue weighted by atomic mass is 10.1. The second-order valence-corrected chi connectivity index (χ2v) is 6.08. The highest BCUT2D eigenvalue weighted by atomic mass is 16.2. The molecular weight excluding hydrogens is 284 g/mol. The van der Waals surface area contributed by atoms with Crippen molar-refractivity contribution in [2.45, 2.75) is 78.1 Å². The number of nitrogens with zero attached hydrogens (tertiary/aromatic N) is 1. The van der Waals surface area contributed by atoms with Crippen molar-refractivity contribution in [2.24, 2.45) is 5.10 Å². The predicted octanol–water partition coefficient (Wildman–Crippen LogP) is 5.45. The van der Waals surface area contributed by atoms with Crippen LogP contribution < -0.4 is 5.43 Å². The van der Waals surface area contributed by atoms with Crippen LogP contribution in [0.4, 0.5) is 0 Å². The summed E-state index contributed by atoms with van der Waals surface area (Å²) in [6.45, 7) is 4.38. The standard InChI is InChI=1S/C20H32N2O/c1-3-5-7-8-9-13-17-20(23)22-21-19(16-6-4-2)18-14-11-10-12-15-18/h10-12,14-15H,3-9,13,16-17H2,1-2H3,(H,22,23). The summed E-state index contributed by atoms with van der Waals surface area (Å²) in [7, 11) is 0. The van der Waals surface area contributed by atoms with Gasteiger partial charge >= 0.3 is 0 Å². The number of carbonyl (C=O) groups is 1. The molecule has 0 bridgehead atoms. The molecule has 0 atom stereocenters. The minimum atomic E-state index is 0.0328. The average molecular weight is 316 g/mol. The third-order valence-electron chi connectivity index (χ3n) is 3.95. The van der Waals surface area contributed by atoms with Crippen molar-refractivity contribution < 1.29 is 4.79 Å². The van der Waals surface area contributed by atoms with Gasteiger partial charge in [0, 0.05) is 6.42 Å². The van der Waals surface area contributed by atoms with E-state index in [-0.39, 0.29) is 5.91 Å². The number of carbonyl (C=O) groups excluding carboxylic acids is 1. The molecule has 23 heavy (non-hydrogen) atoms. The molecule has 0 aliphatic heterocycles. The van der Waals surface area contributed by atoms with Crippen LogP contribution in [-0.4, -0.2) is 11.6 Å². The number of hydrogen-bond donors (Lipinski definition) is 1. The summed E-state index contributed by atoms with van der Waals surface area (Å²) in [5.41, 5.74) is 4.81. The molecule has 1 N–H and O–H groups in total. The number of hydrazone groups is 1. The molecule has 0 saturated heterocycles. The Morgan fingerprint density at radius 1 is 0.870 bits per heavy atom. The molecule has 0 aliphatic carbocycles. The highest BCUT2D eigenvalue weighted by Gasteiger charge is 2.05. The van der Waals surface area contributed by atoms with Gasteiger partial charge in [-0.2, -0.15) is 5.10 Å². The van der Waals surface area contributed by atoms with Crippen molar-refractivity contribution in [3.05, 3.63) is 35.9 Å². The second kappa shape index (κ2) is 12.9. The fraction of sp³-hybridized carbons (Fsp3) is 0.600. The summed E-state index contributed by atoms with van der Waals surface area (Å²) >= 11 is 0. The molecule has 1 rings (SSSR count). The van der Waals surface area contributed by atoms with E-state index in [1.807, 2.05) is 30.3 Å². The van der Waals surface area contributed by atoms with E-state index >= 15 is 0 Å². The number of unbranched alkanes of at least 4 members (excludes halogenated alkanes) is 6. The number of rotatable bonds is 12. The van der Waals surface area contributed by atoms with E-state index in [4.69, 9.17) is 0 Å². The van der Waals surface area contributed by atoms with Gasteiger partial charge in [-0.15, -0.1) is 0 Å². The molecule has 0 unspecified atom stereocenters. The average Bonchev–Trinajstić information content (AvgIpc) is 2.59. The fourth-order valence-corrected chi connectivity index (χ4v) is 2.49. The Balaban J connectivity index is 2.39. The van der Waals surface area contributed by atoms with E-state index in [1.54, 1.807) is 0 Å². The fourth-order valence-electron chi connectivity index (χ4n) is 2.49. The molecule has 3 nitrogen and oxygen atoms in total. The van der Waals surface area contributed by atoms with Gasteiger partial charge in [-0.3, -0.25) is 4.79 Å². The van der Waals surface area contributed by atoms with Crippen LogP contribution >= 0.6 is 0 Å². The summed E-state index contributed by atoms with van der Waals surface area (Å²) in [5.74, 6) is 0.0328. The van der Waals surface area contributed by atoms with Crippen molar-refractivity contribution in [1.29, 1.82) is 0 Å². The third-order valence-corrected chi connectivity index (χ3v) is 3.95. The molecule has 1 amide bonds. The molecule has 0 spiro atoms. The molecule has 0 heterocycles. The Labute approximate surface area is 141 Å². The quantitative estimate of drug-likeness (QED) is 0.311. The molecule has 0 aliphatic rings.